The first kappa shape index (κ1) is 23.8. The van der Waals surface area contributed by atoms with Gasteiger partial charge in [-0.05, 0) is 81.1 Å². The van der Waals surface area contributed by atoms with E-state index in [1.165, 1.54) is 5.57 Å². The van der Waals surface area contributed by atoms with Crippen LogP contribution < -0.4 is 9.47 Å². The summed E-state index contributed by atoms with van der Waals surface area (Å²) in [6.07, 6.45) is 8.91. The van der Waals surface area contributed by atoms with Crippen molar-refractivity contribution in [3.63, 3.8) is 0 Å². The van der Waals surface area contributed by atoms with Gasteiger partial charge < -0.3 is 23.7 Å². The Kier molecular flexibility index (Phi) is 6.75. The van der Waals surface area contributed by atoms with Crippen LogP contribution in [0.1, 0.15) is 75.8 Å². The van der Waals surface area contributed by atoms with Gasteiger partial charge in [0, 0.05) is 44.5 Å². The first-order valence-electron chi connectivity index (χ1n) is 12.7. The molecule has 6 heteroatoms. The predicted molar refractivity (Wildman–Crippen MR) is 129 cm³/mol. The molecule has 2 saturated carbocycles. The number of allylic oxidation sites excluding steroid dienone is 2. The van der Waals surface area contributed by atoms with Gasteiger partial charge in [-0.15, -0.1) is 0 Å². The summed E-state index contributed by atoms with van der Waals surface area (Å²) in [5.41, 5.74) is 3.33. The summed E-state index contributed by atoms with van der Waals surface area (Å²) in [6.45, 7) is 4.93. The maximum Gasteiger partial charge on any atom is 0.188 e. The van der Waals surface area contributed by atoms with Gasteiger partial charge in [0.25, 0.3) is 0 Å². The summed E-state index contributed by atoms with van der Waals surface area (Å²) in [7, 11) is 3.32. The first-order chi connectivity index (χ1) is 16.4. The Balaban J connectivity index is 1.53. The Bertz CT molecular complexity index is 950. The molecule has 0 radical (unpaired) electrons. The molecule has 5 atom stereocenters. The second-order valence-electron chi connectivity index (χ2n) is 11.1. The Morgan fingerprint density at radius 3 is 2.62 bits per heavy atom. The maximum atomic E-state index is 12.1. The number of methoxy groups -OCH3 is 2. The van der Waals surface area contributed by atoms with Crippen LogP contribution in [0.15, 0.2) is 18.2 Å². The van der Waals surface area contributed by atoms with E-state index in [0.29, 0.717) is 43.2 Å². The second-order valence-corrected chi connectivity index (χ2v) is 11.1. The molecular formula is C28H38O6. The Morgan fingerprint density at radius 1 is 1.03 bits per heavy atom. The largest absolute Gasteiger partial charge is 0.487 e. The van der Waals surface area contributed by atoms with Crippen LogP contribution in [-0.2, 0) is 19.0 Å². The third-order valence-corrected chi connectivity index (χ3v) is 8.26. The maximum absolute atomic E-state index is 12.1. The van der Waals surface area contributed by atoms with Gasteiger partial charge in [0.1, 0.15) is 29.7 Å². The molecule has 4 aliphatic rings. The summed E-state index contributed by atoms with van der Waals surface area (Å²) < 4.78 is 29.3. The zero-order valence-corrected chi connectivity index (χ0v) is 20.9. The highest BCUT2D eigenvalue weighted by molar-refractivity contribution is 5.82. The van der Waals surface area contributed by atoms with E-state index in [0.717, 1.165) is 54.7 Å². The van der Waals surface area contributed by atoms with E-state index in [2.05, 4.69) is 32.1 Å². The van der Waals surface area contributed by atoms with Crippen LogP contribution in [0.4, 0.5) is 0 Å². The second kappa shape index (κ2) is 9.63. The van der Waals surface area contributed by atoms with E-state index in [-0.39, 0.29) is 24.4 Å². The minimum absolute atomic E-state index is 0.163. The minimum atomic E-state index is -0.273. The Morgan fingerprint density at radius 2 is 1.85 bits per heavy atom. The normalized spacial score (nSPS) is 31.7. The molecule has 0 amide bonds. The lowest BCUT2D eigenvalue weighted by molar-refractivity contribution is -0.122. The summed E-state index contributed by atoms with van der Waals surface area (Å²) in [4.78, 5) is 12.1. The molecule has 0 aromatic heterocycles. The molecular weight excluding hydrogens is 432 g/mol. The number of carbonyl (C=O) groups excluding carboxylic acids is 1. The minimum Gasteiger partial charge on any atom is -0.487 e. The molecule has 0 N–H and O–H groups in total. The highest BCUT2D eigenvalue weighted by Crippen LogP contribution is 2.56. The average Bonchev–Trinajstić information content (AvgIpc) is 2.79. The average molecular weight is 471 g/mol. The predicted octanol–water partition coefficient (Wildman–Crippen LogP) is 5.49. The zero-order chi connectivity index (χ0) is 23.9. The van der Waals surface area contributed by atoms with Crippen molar-refractivity contribution in [2.75, 3.05) is 27.8 Å². The van der Waals surface area contributed by atoms with Crippen molar-refractivity contribution < 1.29 is 28.5 Å². The van der Waals surface area contributed by atoms with Gasteiger partial charge in [0.2, 0.25) is 0 Å². The van der Waals surface area contributed by atoms with Crippen molar-refractivity contribution >= 4 is 11.4 Å². The molecule has 1 aliphatic heterocycles. The molecule has 186 valence electrons. The van der Waals surface area contributed by atoms with Gasteiger partial charge in [-0.2, -0.15) is 0 Å². The fourth-order valence-electron chi connectivity index (χ4n) is 6.89. The van der Waals surface area contributed by atoms with E-state index in [9.17, 15) is 4.79 Å². The SMILES string of the molecule is COCOc1cc(C2=C[C@@H]3CC(=O)C[C@H](C2)C3)cc2c1[C@@H]1C[C@H](OCOC)CC[C@H]1C(C)(C)O2. The van der Waals surface area contributed by atoms with Crippen molar-refractivity contribution in [2.45, 2.75) is 76.4 Å². The number of ketones is 1. The van der Waals surface area contributed by atoms with Gasteiger partial charge in [-0.3, -0.25) is 4.79 Å². The molecule has 2 fully saturated rings. The number of carbonyl (C=O) groups is 1. The number of hydrogen-bond acceptors (Lipinski definition) is 6. The van der Waals surface area contributed by atoms with Crippen LogP contribution in [0.5, 0.6) is 11.5 Å². The molecule has 34 heavy (non-hydrogen) atoms. The fourth-order valence-corrected chi connectivity index (χ4v) is 6.89. The number of hydrogen-bond donors (Lipinski definition) is 0. The lowest BCUT2D eigenvalue weighted by atomic mass is 9.65. The van der Waals surface area contributed by atoms with Crippen molar-refractivity contribution in [3.8, 4) is 11.5 Å². The molecule has 0 spiro atoms. The van der Waals surface area contributed by atoms with Crippen molar-refractivity contribution in [2.24, 2.45) is 17.8 Å². The molecule has 6 nitrogen and oxygen atoms in total. The van der Waals surface area contributed by atoms with Gasteiger partial charge in [-0.25, -0.2) is 0 Å². The highest BCUT2D eigenvalue weighted by atomic mass is 16.7. The fraction of sp³-hybridized carbons (Fsp3) is 0.679. The number of rotatable bonds is 7. The van der Waals surface area contributed by atoms with E-state index >= 15 is 0 Å². The molecule has 2 bridgehead atoms. The van der Waals surface area contributed by atoms with Crippen molar-refractivity contribution in [1.29, 1.82) is 0 Å². The molecule has 1 aromatic carbocycles. The molecule has 0 saturated heterocycles. The third-order valence-electron chi connectivity index (χ3n) is 8.26. The standard InChI is InChI=1S/C28H38O6/c1-28(2)24-6-5-22(32-15-30-3)14-23(24)27-25(33-16-31-4)12-20(13-26(27)34-28)19-8-17-7-18(9-19)11-21(29)10-17/h8,12-13,17-18,22-24H,5-7,9-11,14-16H2,1-4H3/t17-,18+,22-,23-,24-/m1/s1. The lowest BCUT2D eigenvalue weighted by Crippen LogP contribution is -2.48. The smallest absolute Gasteiger partial charge is 0.188 e. The van der Waals surface area contributed by atoms with E-state index in [1.807, 2.05) is 0 Å². The Hall–Kier alpha value is -1.89. The summed E-state index contributed by atoms with van der Waals surface area (Å²) in [5.74, 6) is 3.64. The van der Waals surface area contributed by atoms with Crippen LogP contribution in [0.3, 0.4) is 0 Å². The van der Waals surface area contributed by atoms with Crippen LogP contribution in [0.25, 0.3) is 5.57 Å². The number of ether oxygens (including phenoxy) is 5. The number of Topliss-reactive ketones (excluding diaryl/α,β-unsaturated/α-hetero) is 1. The van der Waals surface area contributed by atoms with Crippen LogP contribution in [0.2, 0.25) is 0 Å². The van der Waals surface area contributed by atoms with Gasteiger partial charge >= 0.3 is 0 Å². The summed E-state index contributed by atoms with van der Waals surface area (Å²) in [6, 6.07) is 4.38. The lowest BCUT2D eigenvalue weighted by Gasteiger charge is -2.49. The van der Waals surface area contributed by atoms with Crippen LogP contribution >= 0.6 is 0 Å². The molecule has 1 aromatic rings. The van der Waals surface area contributed by atoms with Gasteiger partial charge in [-0.1, -0.05) is 6.08 Å². The molecule has 0 unspecified atom stereocenters. The highest BCUT2D eigenvalue weighted by Gasteiger charge is 2.48. The van der Waals surface area contributed by atoms with E-state index in [4.69, 9.17) is 23.7 Å². The number of fused-ring (bicyclic) bond motifs is 5. The number of benzene rings is 1. The first-order valence-corrected chi connectivity index (χ1v) is 12.7. The topological polar surface area (TPSA) is 63.2 Å². The molecule has 5 rings (SSSR count). The van der Waals surface area contributed by atoms with Gasteiger partial charge in [0.15, 0.2) is 6.79 Å². The van der Waals surface area contributed by atoms with E-state index < -0.39 is 0 Å². The summed E-state index contributed by atoms with van der Waals surface area (Å²) >= 11 is 0. The molecule has 3 aliphatic carbocycles. The summed E-state index contributed by atoms with van der Waals surface area (Å²) in [5, 5.41) is 0. The third kappa shape index (κ3) is 4.65. The van der Waals surface area contributed by atoms with Crippen LogP contribution in [0, 0.1) is 17.8 Å². The van der Waals surface area contributed by atoms with E-state index in [1.54, 1.807) is 14.2 Å². The van der Waals surface area contributed by atoms with Crippen molar-refractivity contribution in [1.82, 2.24) is 0 Å². The molecule has 1 heterocycles. The van der Waals surface area contributed by atoms with Crippen molar-refractivity contribution in [3.05, 3.63) is 29.3 Å². The van der Waals surface area contributed by atoms with Gasteiger partial charge in [0.05, 0.1) is 6.10 Å². The van der Waals surface area contributed by atoms with Crippen LogP contribution in [-0.4, -0.2) is 45.3 Å². The zero-order valence-electron chi connectivity index (χ0n) is 20.9. The monoisotopic (exact) mass is 470 g/mol. The quantitative estimate of drug-likeness (QED) is 0.492. The Labute approximate surface area is 202 Å².